The van der Waals surface area contributed by atoms with Gasteiger partial charge in [-0.3, -0.25) is 0 Å². The van der Waals surface area contributed by atoms with Crippen LogP contribution in [0.15, 0.2) is 48.5 Å². The molecule has 4 rings (SSSR count). The Morgan fingerprint density at radius 1 is 1.00 bits per heavy atom. The lowest BCUT2D eigenvalue weighted by molar-refractivity contribution is -0.547. The van der Waals surface area contributed by atoms with E-state index in [0.717, 1.165) is 54.6 Å². The van der Waals surface area contributed by atoms with Crippen molar-refractivity contribution in [3.63, 3.8) is 0 Å². The summed E-state index contributed by atoms with van der Waals surface area (Å²) in [7, 11) is -6.09. The number of benzene rings is 2. The molecule has 0 bridgehead atoms. The highest BCUT2D eigenvalue weighted by molar-refractivity contribution is 7.86. The maximum Gasteiger partial charge on any atom is 0.485 e. The van der Waals surface area contributed by atoms with Crippen molar-refractivity contribution in [3.8, 4) is 23.3 Å². The molecular weight excluding hydrogens is 451 g/mol. The summed E-state index contributed by atoms with van der Waals surface area (Å²) in [5.74, 6) is 8.16. The first kappa shape index (κ1) is 23.6. The third-order valence-corrected chi connectivity index (χ3v) is 4.92. The molecule has 0 amide bonds. The molecule has 0 spiro atoms. The summed E-state index contributed by atoms with van der Waals surface area (Å²) in [6, 6.07) is 16.1. The van der Waals surface area contributed by atoms with E-state index in [1.807, 2.05) is 36.4 Å². The Kier molecular flexibility index (Phi) is 7.40. The Balaban J connectivity index is 0.000000312. The zero-order valence-corrected chi connectivity index (χ0v) is 17.4. The van der Waals surface area contributed by atoms with E-state index in [1.54, 1.807) is 0 Å². The van der Waals surface area contributed by atoms with Crippen LogP contribution in [-0.2, 0) is 14.9 Å². The highest BCUT2D eigenvalue weighted by Crippen LogP contribution is 2.32. The standard InChI is InChI=1S/C20H18NO3.CHF3O3S/c1-2-4-17(5-3-1)18(21-10-12-22-13-11-21)8-6-16-7-9-19-20(14-16)24-15-23-19;2-1(3,4)8(5,6)7/h1-5,7,9,14H,10-13,15H2;(H,5,6,7)/q+1;/p-1. The minimum absolute atomic E-state index is 0.279. The number of hydrogen-bond acceptors (Lipinski definition) is 6. The van der Waals surface area contributed by atoms with Gasteiger partial charge in [0.25, 0.3) is 5.71 Å². The molecule has 0 aliphatic carbocycles. The monoisotopic (exact) mass is 469 g/mol. The van der Waals surface area contributed by atoms with E-state index in [-0.39, 0.29) is 6.79 Å². The van der Waals surface area contributed by atoms with Crippen molar-refractivity contribution in [2.75, 3.05) is 33.1 Å². The summed E-state index contributed by atoms with van der Waals surface area (Å²) in [4.78, 5) is 0. The van der Waals surface area contributed by atoms with Crippen LogP contribution in [0.1, 0.15) is 11.1 Å². The molecule has 1 fully saturated rings. The average molecular weight is 469 g/mol. The van der Waals surface area contributed by atoms with Gasteiger partial charge in [-0.1, -0.05) is 24.1 Å². The van der Waals surface area contributed by atoms with Crippen LogP contribution < -0.4 is 9.47 Å². The normalized spacial score (nSPS) is 15.2. The zero-order valence-electron chi connectivity index (χ0n) is 16.6. The van der Waals surface area contributed by atoms with Gasteiger partial charge >= 0.3 is 5.51 Å². The van der Waals surface area contributed by atoms with Gasteiger partial charge in [-0.25, -0.2) is 13.0 Å². The quantitative estimate of drug-likeness (QED) is 0.276. The second-order valence-electron chi connectivity index (χ2n) is 6.53. The molecule has 0 radical (unpaired) electrons. The van der Waals surface area contributed by atoms with Crippen molar-refractivity contribution in [1.82, 2.24) is 0 Å². The first-order valence-corrected chi connectivity index (χ1v) is 10.7. The Morgan fingerprint density at radius 2 is 1.62 bits per heavy atom. The molecule has 7 nitrogen and oxygen atoms in total. The lowest BCUT2D eigenvalue weighted by atomic mass is 10.1. The summed E-state index contributed by atoms with van der Waals surface area (Å²) in [6.07, 6.45) is 0. The fraction of sp³-hybridized carbons (Fsp3) is 0.286. The average Bonchev–Trinajstić information content (AvgIpc) is 3.22. The van der Waals surface area contributed by atoms with E-state index in [2.05, 4.69) is 28.5 Å². The molecule has 2 heterocycles. The van der Waals surface area contributed by atoms with E-state index in [0.29, 0.717) is 0 Å². The van der Waals surface area contributed by atoms with Crippen molar-refractivity contribution in [3.05, 3.63) is 59.7 Å². The van der Waals surface area contributed by atoms with Crippen LogP contribution in [0.5, 0.6) is 11.5 Å². The number of ether oxygens (including phenoxy) is 3. The molecule has 2 aromatic rings. The van der Waals surface area contributed by atoms with Gasteiger partial charge < -0.3 is 18.8 Å². The Morgan fingerprint density at radius 3 is 2.25 bits per heavy atom. The Labute approximate surface area is 182 Å². The van der Waals surface area contributed by atoms with E-state index >= 15 is 0 Å². The second-order valence-corrected chi connectivity index (χ2v) is 7.90. The summed E-state index contributed by atoms with van der Waals surface area (Å²) < 4.78 is 77.4. The van der Waals surface area contributed by atoms with Crippen molar-refractivity contribution >= 4 is 15.8 Å². The number of fused-ring (bicyclic) bond motifs is 1. The molecule has 11 heteroatoms. The third kappa shape index (κ3) is 6.23. The molecule has 0 unspecified atom stereocenters. The van der Waals surface area contributed by atoms with Gasteiger partial charge in [-0.2, -0.15) is 13.2 Å². The Bertz CT molecular complexity index is 1140. The van der Waals surface area contributed by atoms with E-state index < -0.39 is 15.6 Å². The lowest BCUT2D eigenvalue weighted by Crippen LogP contribution is -2.33. The third-order valence-electron chi connectivity index (χ3n) is 4.36. The smallest absolute Gasteiger partial charge is 0.485 e. The number of rotatable bonds is 1. The summed E-state index contributed by atoms with van der Waals surface area (Å²) in [5.41, 5.74) is -2.56. The molecule has 1 saturated heterocycles. The lowest BCUT2D eigenvalue weighted by Gasteiger charge is -2.12. The molecule has 0 N–H and O–H groups in total. The van der Waals surface area contributed by atoms with E-state index in [9.17, 15) is 13.2 Å². The van der Waals surface area contributed by atoms with Gasteiger partial charge in [-0.15, -0.1) is 0 Å². The molecule has 2 aliphatic rings. The van der Waals surface area contributed by atoms with Crippen LogP contribution in [0.2, 0.25) is 0 Å². The molecule has 0 saturated carbocycles. The van der Waals surface area contributed by atoms with Gasteiger partial charge in [0.05, 0.1) is 5.56 Å². The molecular formula is C21H18F3NO6S. The topological polar surface area (TPSA) is 87.9 Å². The van der Waals surface area contributed by atoms with Crippen LogP contribution in [0, 0.1) is 11.8 Å². The maximum absolute atomic E-state index is 10.7. The highest BCUT2D eigenvalue weighted by Gasteiger charge is 2.36. The fourth-order valence-corrected chi connectivity index (χ4v) is 2.82. The van der Waals surface area contributed by atoms with Crippen LogP contribution in [0.4, 0.5) is 13.2 Å². The second kappa shape index (κ2) is 10.0. The number of hydrogen-bond donors (Lipinski definition) is 0. The predicted octanol–water partition coefficient (Wildman–Crippen LogP) is 2.35. The van der Waals surface area contributed by atoms with Gasteiger partial charge in [0, 0.05) is 11.5 Å². The van der Waals surface area contributed by atoms with Crippen LogP contribution in [-0.4, -0.2) is 61.9 Å². The van der Waals surface area contributed by atoms with Gasteiger partial charge in [0.15, 0.2) is 34.7 Å². The molecule has 0 atom stereocenters. The summed E-state index contributed by atoms with van der Waals surface area (Å²) >= 11 is 0. The van der Waals surface area contributed by atoms with Crippen molar-refractivity contribution in [2.45, 2.75) is 5.51 Å². The Hall–Kier alpha value is -3.07. The van der Waals surface area contributed by atoms with Crippen LogP contribution in [0.3, 0.4) is 0 Å². The van der Waals surface area contributed by atoms with E-state index in [4.69, 9.17) is 27.2 Å². The molecule has 2 aromatic carbocycles. The number of nitrogens with zero attached hydrogens (tertiary/aromatic N) is 1. The van der Waals surface area contributed by atoms with Gasteiger partial charge in [0.1, 0.15) is 13.2 Å². The number of halogens is 3. The van der Waals surface area contributed by atoms with E-state index in [1.165, 1.54) is 0 Å². The summed E-state index contributed by atoms with van der Waals surface area (Å²) in [5, 5.41) is 0. The maximum atomic E-state index is 10.7. The number of morpholine rings is 1. The molecule has 170 valence electrons. The van der Waals surface area contributed by atoms with Gasteiger partial charge in [-0.05, 0) is 30.3 Å². The highest BCUT2D eigenvalue weighted by atomic mass is 32.2. The van der Waals surface area contributed by atoms with Crippen molar-refractivity contribution < 1.29 is 44.9 Å². The molecule has 2 aliphatic heterocycles. The minimum Gasteiger partial charge on any atom is -0.741 e. The van der Waals surface area contributed by atoms with Crippen molar-refractivity contribution in [2.24, 2.45) is 0 Å². The van der Waals surface area contributed by atoms with Crippen LogP contribution in [0.25, 0.3) is 0 Å². The van der Waals surface area contributed by atoms with Crippen LogP contribution >= 0.6 is 0 Å². The van der Waals surface area contributed by atoms with Gasteiger partial charge in [0.2, 0.25) is 6.79 Å². The largest absolute Gasteiger partial charge is 0.741 e. The molecule has 32 heavy (non-hydrogen) atoms. The fourth-order valence-electron chi connectivity index (χ4n) is 2.82. The first-order chi connectivity index (χ1) is 15.1. The predicted molar refractivity (Wildman–Crippen MR) is 107 cm³/mol. The zero-order chi connectivity index (χ0) is 23.2. The first-order valence-electron chi connectivity index (χ1n) is 9.34. The van der Waals surface area contributed by atoms with Crippen molar-refractivity contribution in [1.29, 1.82) is 0 Å². The SMILES string of the molecule is C(#Cc1ccc2c(c1)OCO2)C(c1ccccc1)=[N+]1CCOCC1.O=S(=O)([O-])C(F)(F)F. The minimum atomic E-state index is -6.09. The molecule has 0 aromatic heterocycles. The summed E-state index contributed by atoms with van der Waals surface area (Å²) in [6.45, 7) is 3.48. The number of alkyl halides is 3.